The number of hydrogen-bond acceptors (Lipinski definition) is 5. The number of hydrogen-bond donors (Lipinski definition) is 2. The van der Waals surface area contributed by atoms with Crippen molar-refractivity contribution in [3.63, 3.8) is 0 Å². The Balaban J connectivity index is 1.54. The molecular formula is C33H37N5O4. The Morgan fingerprint density at radius 1 is 0.905 bits per heavy atom. The van der Waals surface area contributed by atoms with E-state index in [2.05, 4.69) is 31.4 Å². The molecule has 0 unspecified atom stereocenters. The molecule has 0 saturated heterocycles. The quantitative estimate of drug-likeness (QED) is 0.230. The summed E-state index contributed by atoms with van der Waals surface area (Å²) in [7, 11) is 0. The first-order valence-corrected chi connectivity index (χ1v) is 13.9. The van der Waals surface area contributed by atoms with E-state index in [1.165, 1.54) is 4.90 Å². The highest BCUT2D eigenvalue weighted by molar-refractivity contribution is 5.97. The van der Waals surface area contributed by atoms with Crippen LogP contribution in [0.3, 0.4) is 0 Å². The number of anilines is 2. The highest BCUT2D eigenvalue weighted by Crippen LogP contribution is 2.26. The molecule has 0 spiro atoms. The van der Waals surface area contributed by atoms with Crippen molar-refractivity contribution in [2.75, 3.05) is 23.8 Å². The number of esters is 1. The topological polar surface area (TPSA) is 106 Å². The lowest BCUT2D eigenvalue weighted by Crippen LogP contribution is -2.40. The van der Waals surface area contributed by atoms with E-state index in [1.807, 2.05) is 67.6 Å². The maximum Gasteiger partial charge on any atom is 0.338 e. The van der Waals surface area contributed by atoms with Crippen molar-refractivity contribution in [1.82, 2.24) is 14.7 Å². The summed E-state index contributed by atoms with van der Waals surface area (Å²) < 4.78 is 6.74. The van der Waals surface area contributed by atoms with Crippen LogP contribution >= 0.6 is 0 Å². The predicted octanol–water partition coefficient (Wildman–Crippen LogP) is 6.33. The Hall–Kier alpha value is -4.92. The van der Waals surface area contributed by atoms with Gasteiger partial charge in [0.2, 0.25) is 5.91 Å². The number of carbonyl (C=O) groups excluding carboxylic acids is 3. The van der Waals surface area contributed by atoms with E-state index in [0.717, 1.165) is 22.5 Å². The van der Waals surface area contributed by atoms with Gasteiger partial charge in [-0.3, -0.25) is 4.79 Å². The van der Waals surface area contributed by atoms with Gasteiger partial charge in [-0.25, -0.2) is 14.3 Å². The van der Waals surface area contributed by atoms with Gasteiger partial charge in [0.15, 0.2) is 0 Å². The molecule has 9 nitrogen and oxygen atoms in total. The Morgan fingerprint density at radius 3 is 2.19 bits per heavy atom. The van der Waals surface area contributed by atoms with E-state index in [-0.39, 0.29) is 31.0 Å². The van der Waals surface area contributed by atoms with Gasteiger partial charge in [-0.05, 0) is 55.8 Å². The largest absolute Gasteiger partial charge is 0.462 e. The molecule has 4 rings (SSSR count). The fourth-order valence-corrected chi connectivity index (χ4v) is 4.19. The van der Waals surface area contributed by atoms with E-state index in [0.29, 0.717) is 17.1 Å². The Kier molecular flexibility index (Phi) is 9.42. The third-order valence-electron chi connectivity index (χ3n) is 6.51. The second-order valence-electron chi connectivity index (χ2n) is 11.0. The van der Waals surface area contributed by atoms with Crippen molar-refractivity contribution in [3.05, 3.63) is 107 Å². The molecule has 0 bridgehead atoms. The number of rotatable bonds is 9. The monoisotopic (exact) mass is 567 g/mol. The molecule has 42 heavy (non-hydrogen) atoms. The lowest BCUT2D eigenvalue weighted by molar-refractivity contribution is -0.116. The molecule has 3 amide bonds. The molecular weight excluding hydrogens is 530 g/mol. The zero-order chi connectivity index (χ0) is 30.3. The number of nitrogens with one attached hydrogen (secondary N) is 2. The maximum absolute atomic E-state index is 13.4. The van der Waals surface area contributed by atoms with E-state index in [9.17, 15) is 14.4 Å². The summed E-state index contributed by atoms with van der Waals surface area (Å²) in [6.07, 6.45) is 0. The fourth-order valence-electron chi connectivity index (χ4n) is 4.19. The predicted molar refractivity (Wildman–Crippen MR) is 164 cm³/mol. The molecule has 0 aliphatic rings. The standard InChI is InChI=1S/C33H37N5O4/c1-6-42-31(40)25-14-16-26(17-15-25)34-32(41)37(21-24-10-8-7-9-11-24)22-30(39)35-29-20-28(33(3,4)5)36-38(29)27-18-12-23(2)13-19-27/h7-20H,6,21-22H2,1-5H3,(H,34,41)(H,35,39). The molecule has 9 heteroatoms. The second-order valence-corrected chi connectivity index (χ2v) is 11.0. The van der Waals surface area contributed by atoms with E-state index in [1.54, 1.807) is 35.9 Å². The molecule has 0 fully saturated rings. The fraction of sp³-hybridized carbons (Fsp3) is 0.273. The number of nitrogens with zero attached hydrogens (tertiary/aromatic N) is 3. The van der Waals surface area contributed by atoms with Crippen LogP contribution in [0.25, 0.3) is 5.69 Å². The number of benzene rings is 3. The number of carbonyl (C=O) groups is 3. The number of aromatic nitrogens is 2. The van der Waals surface area contributed by atoms with Crippen LogP contribution in [0.4, 0.5) is 16.3 Å². The van der Waals surface area contributed by atoms with Crippen molar-refractivity contribution in [1.29, 1.82) is 0 Å². The molecule has 3 aromatic carbocycles. The Morgan fingerprint density at radius 2 is 1.57 bits per heavy atom. The third-order valence-corrected chi connectivity index (χ3v) is 6.51. The molecule has 4 aromatic rings. The van der Waals surface area contributed by atoms with E-state index < -0.39 is 12.0 Å². The van der Waals surface area contributed by atoms with Crippen LogP contribution in [0.1, 0.15) is 54.9 Å². The van der Waals surface area contributed by atoms with Crippen molar-refractivity contribution >= 4 is 29.4 Å². The maximum atomic E-state index is 13.4. The minimum absolute atomic E-state index is 0.203. The molecule has 2 N–H and O–H groups in total. The number of ether oxygens (including phenoxy) is 1. The first-order valence-electron chi connectivity index (χ1n) is 13.9. The Labute approximate surface area is 246 Å². The van der Waals surface area contributed by atoms with Crippen LogP contribution in [0.2, 0.25) is 0 Å². The highest BCUT2D eigenvalue weighted by Gasteiger charge is 2.23. The SMILES string of the molecule is CCOC(=O)c1ccc(NC(=O)N(CC(=O)Nc2cc(C(C)(C)C)nn2-c2ccc(C)cc2)Cc2ccccc2)cc1. The van der Waals surface area contributed by atoms with Crippen LogP contribution in [-0.4, -0.2) is 45.7 Å². The summed E-state index contributed by atoms with van der Waals surface area (Å²) in [6.45, 7) is 10.2. The lowest BCUT2D eigenvalue weighted by Gasteiger charge is -2.23. The molecule has 1 heterocycles. The van der Waals surface area contributed by atoms with Gasteiger partial charge in [0.1, 0.15) is 12.4 Å². The van der Waals surface area contributed by atoms with Crippen molar-refractivity contribution in [2.45, 2.75) is 46.6 Å². The zero-order valence-electron chi connectivity index (χ0n) is 24.7. The molecule has 0 saturated carbocycles. The molecule has 0 atom stereocenters. The molecule has 0 radical (unpaired) electrons. The summed E-state index contributed by atoms with van der Waals surface area (Å²) in [5.74, 6) is -0.284. The first-order chi connectivity index (χ1) is 20.0. The smallest absolute Gasteiger partial charge is 0.338 e. The first kappa shape index (κ1) is 30.0. The zero-order valence-corrected chi connectivity index (χ0v) is 24.7. The number of urea groups is 1. The van der Waals surface area contributed by atoms with Gasteiger partial charge in [-0.2, -0.15) is 5.10 Å². The van der Waals surface area contributed by atoms with Gasteiger partial charge >= 0.3 is 12.0 Å². The normalized spacial score (nSPS) is 11.1. The van der Waals surface area contributed by atoms with Crippen molar-refractivity contribution < 1.29 is 19.1 Å². The van der Waals surface area contributed by atoms with Gasteiger partial charge in [-0.15, -0.1) is 0 Å². The van der Waals surface area contributed by atoms with Gasteiger partial charge in [0.25, 0.3) is 0 Å². The summed E-state index contributed by atoms with van der Waals surface area (Å²) in [5.41, 5.74) is 4.26. The van der Waals surface area contributed by atoms with Gasteiger partial charge in [-0.1, -0.05) is 68.8 Å². The third kappa shape index (κ3) is 7.84. The van der Waals surface area contributed by atoms with E-state index in [4.69, 9.17) is 9.84 Å². The van der Waals surface area contributed by atoms with Gasteiger partial charge < -0.3 is 20.3 Å². The summed E-state index contributed by atoms with van der Waals surface area (Å²) in [6, 6.07) is 25.2. The summed E-state index contributed by atoms with van der Waals surface area (Å²) in [4.78, 5) is 40.2. The summed E-state index contributed by atoms with van der Waals surface area (Å²) in [5, 5.41) is 10.6. The molecule has 0 aliphatic carbocycles. The van der Waals surface area contributed by atoms with Crippen molar-refractivity contribution in [2.24, 2.45) is 0 Å². The number of amides is 3. The average molecular weight is 568 g/mol. The van der Waals surface area contributed by atoms with Crippen molar-refractivity contribution in [3.8, 4) is 5.69 Å². The summed E-state index contributed by atoms with van der Waals surface area (Å²) >= 11 is 0. The Bertz CT molecular complexity index is 1520. The minimum Gasteiger partial charge on any atom is -0.462 e. The average Bonchev–Trinajstić information content (AvgIpc) is 3.38. The second kappa shape index (κ2) is 13.2. The van der Waals surface area contributed by atoms with E-state index >= 15 is 0 Å². The van der Waals surface area contributed by atoms with Gasteiger partial charge in [0.05, 0.1) is 23.6 Å². The molecule has 1 aromatic heterocycles. The van der Waals surface area contributed by atoms with Gasteiger partial charge in [0, 0.05) is 23.7 Å². The highest BCUT2D eigenvalue weighted by atomic mass is 16.5. The molecule has 0 aliphatic heterocycles. The molecule has 218 valence electrons. The van der Waals surface area contributed by atoms with Crippen LogP contribution in [0, 0.1) is 6.92 Å². The van der Waals surface area contributed by atoms with Crippen LogP contribution in [-0.2, 0) is 21.5 Å². The van der Waals surface area contributed by atoms with Crippen LogP contribution in [0.5, 0.6) is 0 Å². The lowest BCUT2D eigenvalue weighted by atomic mass is 9.92. The van der Waals surface area contributed by atoms with Crippen LogP contribution < -0.4 is 10.6 Å². The van der Waals surface area contributed by atoms with Crippen LogP contribution in [0.15, 0.2) is 84.9 Å². The minimum atomic E-state index is -0.458. The number of aryl methyl sites for hydroxylation is 1.